The van der Waals surface area contributed by atoms with Gasteiger partial charge in [0.2, 0.25) is 0 Å². The average molecular weight is 246 g/mol. The molecule has 3 nitrogen and oxygen atoms in total. The van der Waals surface area contributed by atoms with Gasteiger partial charge in [-0.05, 0) is 0 Å². The van der Waals surface area contributed by atoms with Gasteiger partial charge in [-0.1, -0.05) is 35.4 Å². The van der Waals surface area contributed by atoms with E-state index in [9.17, 15) is 4.79 Å². The quantitative estimate of drug-likeness (QED) is 0.769. The molecule has 0 fully saturated rings. The van der Waals surface area contributed by atoms with Gasteiger partial charge in [-0.25, -0.2) is 0 Å². The number of nitrogens with zero attached hydrogens (tertiary/aromatic N) is 1. The Labute approximate surface area is 97.7 Å². The lowest BCUT2D eigenvalue weighted by atomic mass is 10.2. The molecule has 0 aliphatic rings. The number of carbonyl (C=O) groups is 1. The summed E-state index contributed by atoms with van der Waals surface area (Å²) in [5, 5.41) is 0.896. The summed E-state index contributed by atoms with van der Waals surface area (Å²) in [6.07, 6.45) is 6.48. The molecule has 0 saturated heterocycles. The fourth-order valence-corrected chi connectivity index (χ4v) is 1.43. The molecule has 0 saturated carbocycles. The SMILES string of the molecule is COC(=O)CC=Cc1c(Cl)cncc1Cl. The third-order valence-electron chi connectivity index (χ3n) is 1.69. The number of halogens is 2. The van der Waals surface area contributed by atoms with Gasteiger partial charge in [0.1, 0.15) is 0 Å². The predicted octanol–water partition coefficient (Wildman–Crippen LogP) is 2.96. The molecular formula is C10H9Cl2NO2. The summed E-state index contributed by atoms with van der Waals surface area (Å²) in [4.78, 5) is 14.6. The fraction of sp³-hybridized carbons (Fsp3) is 0.200. The molecule has 0 radical (unpaired) electrons. The van der Waals surface area contributed by atoms with Crippen LogP contribution in [0.5, 0.6) is 0 Å². The van der Waals surface area contributed by atoms with Gasteiger partial charge in [0.25, 0.3) is 0 Å². The molecular weight excluding hydrogens is 237 g/mol. The van der Waals surface area contributed by atoms with E-state index in [1.54, 1.807) is 12.2 Å². The maximum absolute atomic E-state index is 10.8. The minimum atomic E-state index is -0.312. The summed E-state index contributed by atoms with van der Waals surface area (Å²) in [6, 6.07) is 0. The molecule has 0 aliphatic carbocycles. The number of rotatable bonds is 3. The van der Waals surface area contributed by atoms with Gasteiger partial charge in [-0.3, -0.25) is 9.78 Å². The van der Waals surface area contributed by atoms with Crippen molar-refractivity contribution in [1.29, 1.82) is 0 Å². The van der Waals surface area contributed by atoms with E-state index in [0.29, 0.717) is 15.6 Å². The molecule has 0 amide bonds. The van der Waals surface area contributed by atoms with Crippen molar-refractivity contribution in [2.75, 3.05) is 7.11 Å². The Morgan fingerprint density at radius 2 is 2.07 bits per heavy atom. The molecule has 0 atom stereocenters. The number of hydrogen-bond donors (Lipinski definition) is 0. The summed E-state index contributed by atoms with van der Waals surface area (Å²) in [6.45, 7) is 0. The summed E-state index contributed by atoms with van der Waals surface area (Å²) < 4.78 is 4.48. The summed E-state index contributed by atoms with van der Waals surface area (Å²) >= 11 is 11.7. The highest BCUT2D eigenvalue weighted by molar-refractivity contribution is 6.36. The van der Waals surface area contributed by atoms with E-state index in [-0.39, 0.29) is 12.4 Å². The van der Waals surface area contributed by atoms with Crippen molar-refractivity contribution in [3.8, 4) is 0 Å². The lowest BCUT2D eigenvalue weighted by Crippen LogP contribution is -1.96. The van der Waals surface area contributed by atoms with Crippen LogP contribution in [0.2, 0.25) is 10.0 Å². The molecule has 1 heterocycles. The normalized spacial score (nSPS) is 10.6. The number of esters is 1. The Morgan fingerprint density at radius 3 is 2.60 bits per heavy atom. The number of pyridine rings is 1. The molecule has 1 rings (SSSR count). The van der Waals surface area contributed by atoms with Gasteiger partial charge in [0.15, 0.2) is 0 Å². The van der Waals surface area contributed by atoms with Crippen molar-refractivity contribution in [2.45, 2.75) is 6.42 Å². The Balaban J connectivity index is 2.76. The minimum absolute atomic E-state index is 0.186. The number of ether oxygens (including phenoxy) is 1. The van der Waals surface area contributed by atoms with E-state index < -0.39 is 0 Å². The maximum atomic E-state index is 10.8. The van der Waals surface area contributed by atoms with Crippen molar-refractivity contribution < 1.29 is 9.53 Å². The summed E-state index contributed by atoms with van der Waals surface area (Å²) in [5.41, 5.74) is 0.650. The molecule has 0 N–H and O–H groups in total. The van der Waals surface area contributed by atoms with Crippen molar-refractivity contribution >= 4 is 35.2 Å². The lowest BCUT2D eigenvalue weighted by Gasteiger charge is -1.99. The maximum Gasteiger partial charge on any atom is 0.309 e. The standard InChI is InChI=1S/C10H9Cl2NO2/c1-15-10(14)4-2-3-7-8(11)5-13-6-9(7)12/h2-3,5-6H,4H2,1H3. The molecule has 1 aromatic heterocycles. The number of methoxy groups -OCH3 is 1. The van der Waals surface area contributed by atoms with E-state index in [4.69, 9.17) is 23.2 Å². The van der Waals surface area contributed by atoms with Gasteiger partial charge in [-0.15, -0.1) is 0 Å². The van der Waals surface area contributed by atoms with Crippen LogP contribution in [0.3, 0.4) is 0 Å². The molecule has 80 valence electrons. The van der Waals surface area contributed by atoms with E-state index in [1.807, 2.05) is 0 Å². The highest BCUT2D eigenvalue weighted by Crippen LogP contribution is 2.24. The predicted molar refractivity (Wildman–Crippen MR) is 59.9 cm³/mol. The second-order valence-corrected chi connectivity index (χ2v) is 3.51. The zero-order valence-corrected chi connectivity index (χ0v) is 9.55. The van der Waals surface area contributed by atoms with Crippen molar-refractivity contribution in [3.63, 3.8) is 0 Å². The largest absolute Gasteiger partial charge is 0.469 e. The average Bonchev–Trinajstić information content (AvgIpc) is 2.22. The van der Waals surface area contributed by atoms with E-state index >= 15 is 0 Å². The number of carbonyl (C=O) groups excluding carboxylic acids is 1. The second kappa shape index (κ2) is 5.73. The first-order valence-corrected chi connectivity index (χ1v) is 4.93. The molecule has 0 aromatic carbocycles. The zero-order chi connectivity index (χ0) is 11.3. The van der Waals surface area contributed by atoms with Crippen LogP contribution >= 0.6 is 23.2 Å². The number of hydrogen-bond acceptors (Lipinski definition) is 3. The molecule has 0 spiro atoms. The monoisotopic (exact) mass is 245 g/mol. The third kappa shape index (κ3) is 3.53. The highest BCUT2D eigenvalue weighted by atomic mass is 35.5. The fourth-order valence-electron chi connectivity index (χ4n) is 0.937. The first-order valence-electron chi connectivity index (χ1n) is 4.17. The Morgan fingerprint density at radius 1 is 1.47 bits per heavy atom. The molecule has 0 bridgehead atoms. The number of aromatic nitrogens is 1. The molecule has 0 unspecified atom stereocenters. The Hall–Kier alpha value is -1.06. The Kier molecular flexibility index (Phi) is 4.59. The molecule has 1 aromatic rings. The second-order valence-electron chi connectivity index (χ2n) is 2.70. The smallest absolute Gasteiger partial charge is 0.309 e. The van der Waals surface area contributed by atoms with Crippen LogP contribution in [-0.4, -0.2) is 18.1 Å². The van der Waals surface area contributed by atoms with E-state index in [1.165, 1.54) is 19.5 Å². The van der Waals surface area contributed by atoms with Gasteiger partial charge >= 0.3 is 5.97 Å². The first kappa shape index (κ1) is 12.0. The van der Waals surface area contributed by atoms with Crippen LogP contribution in [0.1, 0.15) is 12.0 Å². The van der Waals surface area contributed by atoms with Gasteiger partial charge in [0.05, 0.1) is 23.6 Å². The molecule has 15 heavy (non-hydrogen) atoms. The first-order chi connectivity index (χ1) is 7.15. The van der Waals surface area contributed by atoms with Gasteiger partial charge in [0, 0.05) is 18.0 Å². The van der Waals surface area contributed by atoms with Crippen molar-refractivity contribution in [1.82, 2.24) is 4.98 Å². The van der Waals surface area contributed by atoms with Crippen LogP contribution in [0.25, 0.3) is 6.08 Å². The van der Waals surface area contributed by atoms with Gasteiger partial charge < -0.3 is 4.74 Å². The Bertz CT molecular complexity index is 371. The van der Waals surface area contributed by atoms with Crippen LogP contribution in [0.4, 0.5) is 0 Å². The zero-order valence-electron chi connectivity index (χ0n) is 8.04. The van der Waals surface area contributed by atoms with E-state index in [2.05, 4.69) is 9.72 Å². The van der Waals surface area contributed by atoms with Crippen LogP contribution in [0, 0.1) is 0 Å². The van der Waals surface area contributed by atoms with Crippen LogP contribution in [0.15, 0.2) is 18.5 Å². The van der Waals surface area contributed by atoms with Crippen molar-refractivity contribution in [2.24, 2.45) is 0 Å². The summed E-state index contributed by atoms with van der Waals surface area (Å²) in [7, 11) is 1.34. The van der Waals surface area contributed by atoms with Gasteiger partial charge in [-0.2, -0.15) is 0 Å². The molecule has 5 heteroatoms. The van der Waals surface area contributed by atoms with E-state index in [0.717, 1.165) is 0 Å². The molecule has 0 aliphatic heterocycles. The van der Waals surface area contributed by atoms with Crippen LogP contribution in [-0.2, 0) is 9.53 Å². The summed E-state index contributed by atoms with van der Waals surface area (Å²) in [5.74, 6) is -0.312. The highest BCUT2D eigenvalue weighted by Gasteiger charge is 2.02. The topological polar surface area (TPSA) is 39.2 Å². The minimum Gasteiger partial charge on any atom is -0.469 e. The third-order valence-corrected chi connectivity index (χ3v) is 2.29. The van der Waals surface area contributed by atoms with Crippen LogP contribution < -0.4 is 0 Å². The lowest BCUT2D eigenvalue weighted by molar-refractivity contribution is -0.139. The van der Waals surface area contributed by atoms with Crippen molar-refractivity contribution in [3.05, 3.63) is 34.1 Å².